The maximum Gasteiger partial charge on any atom is 0.194 e. The number of aliphatic imine (C=N–C) groups is 1. The quantitative estimate of drug-likeness (QED) is 0.584. The standard InChI is InChI=1S/C23H29N3O2S/c1-3-24-23(25-17-19-9-11-20(12-10-19)18-29(2,27)28)26-15-13-22(14-16-26)21-7-5-4-6-8-21/h4-13H,3,14-18H2,1-2H3,(H,24,25). The van der Waals surface area contributed by atoms with E-state index in [0.717, 1.165) is 43.1 Å². The zero-order chi connectivity index (χ0) is 20.7. The van der Waals surface area contributed by atoms with Gasteiger partial charge >= 0.3 is 0 Å². The van der Waals surface area contributed by atoms with E-state index in [2.05, 4.69) is 47.5 Å². The van der Waals surface area contributed by atoms with E-state index in [1.54, 1.807) is 0 Å². The van der Waals surface area contributed by atoms with Crippen molar-refractivity contribution in [2.24, 2.45) is 4.99 Å². The average molecular weight is 412 g/mol. The Bertz CT molecular complexity index is 965. The highest BCUT2D eigenvalue weighted by Gasteiger charge is 2.16. The molecule has 0 bridgehead atoms. The lowest BCUT2D eigenvalue weighted by Gasteiger charge is -2.30. The van der Waals surface area contributed by atoms with Gasteiger partial charge in [0.1, 0.15) is 0 Å². The third kappa shape index (κ3) is 6.46. The van der Waals surface area contributed by atoms with Gasteiger partial charge in [0.05, 0.1) is 12.3 Å². The maximum absolute atomic E-state index is 11.4. The lowest BCUT2D eigenvalue weighted by Crippen LogP contribution is -2.43. The molecule has 1 aliphatic heterocycles. The van der Waals surface area contributed by atoms with Gasteiger partial charge in [0.2, 0.25) is 0 Å². The van der Waals surface area contributed by atoms with Crippen molar-refractivity contribution in [1.29, 1.82) is 0 Å². The van der Waals surface area contributed by atoms with Crippen LogP contribution < -0.4 is 5.32 Å². The van der Waals surface area contributed by atoms with Crippen LogP contribution in [0.5, 0.6) is 0 Å². The van der Waals surface area contributed by atoms with Gasteiger partial charge in [0, 0.05) is 25.9 Å². The van der Waals surface area contributed by atoms with Crippen LogP contribution in [-0.2, 0) is 22.1 Å². The zero-order valence-corrected chi connectivity index (χ0v) is 18.0. The highest BCUT2D eigenvalue weighted by molar-refractivity contribution is 7.89. The van der Waals surface area contributed by atoms with E-state index in [9.17, 15) is 8.42 Å². The summed E-state index contributed by atoms with van der Waals surface area (Å²) in [4.78, 5) is 7.07. The Morgan fingerprint density at radius 1 is 1.07 bits per heavy atom. The lowest BCUT2D eigenvalue weighted by molar-refractivity contribution is 0.440. The number of rotatable bonds is 6. The molecule has 0 fully saturated rings. The molecule has 29 heavy (non-hydrogen) atoms. The van der Waals surface area contributed by atoms with Gasteiger partial charge in [-0.2, -0.15) is 0 Å². The topological polar surface area (TPSA) is 61.8 Å². The van der Waals surface area contributed by atoms with Gasteiger partial charge < -0.3 is 10.2 Å². The summed E-state index contributed by atoms with van der Waals surface area (Å²) in [7, 11) is -3.01. The summed E-state index contributed by atoms with van der Waals surface area (Å²) in [6.45, 7) is 5.22. The first-order chi connectivity index (χ1) is 13.9. The molecule has 1 heterocycles. The minimum Gasteiger partial charge on any atom is -0.356 e. The molecule has 0 saturated heterocycles. The smallest absolute Gasteiger partial charge is 0.194 e. The third-order valence-corrected chi connectivity index (χ3v) is 5.71. The van der Waals surface area contributed by atoms with Gasteiger partial charge in [0.25, 0.3) is 0 Å². The molecular weight excluding hydrogens is 382 g/mol. The molecule has 0 aliphatic carbocycles. The molecule has 3 rings (SSSR count). The van der Waals surface area contributed by atoms with Crippen molar-refractivity contribution in [1.82, 2.24) is 10.2 Å². The second-order valence-corrected chi connectivity index (χ2v) is 9.49. The number of nitrogens with one attached hydrogen (secondary N) is 1. The summed E-state index contributed by atoms with van der Waals surface area (Å²) >= 11 is 0. The molecule has 0 spiro atoms. The van der Waals surface area contributed by atoms with Gasteiger partial charge in [-0.3, -0.25) is 0 Å². The molecule has 0 aromatic heterocycles. The van der Waals surface area contributed by atoms with Crippen LogP contribution in [0.25, 0.3) is 5.57 Å². The molecule has 2 aromatic rings. The third-order valence-electron chi connectivity index (χ3n) is 4.85. The number of hydrogen-bond donors (Lipinski definition) is 1. The van der Waals surface area contributed by atoms with Crippen molar-refractivity contribution in [3.63, 3.8) is 0 Å². The number of hydrogen-bond acceptors (Lipinski definition) is 3. The first kappa shape index (κ1) is 21.1. The predicted octanol–water partition coefficient (Wildman–Crippen LogP) is 3.49. The van der Waals surface area contributed by atoms with E-state index in [0.29, 0.717) is 6.54 Å². The zero-order valence-electron chi connectivity index (χ0n) is 17.1. The minimum absolute atomic E-state index is 0.0725. The highest BCUT2D eigenvalue weighted by Crippen LogP contribution is 2.22. The summed E-state index contributed by atoms with van der Waals surface area (Å²) in [5, 5.41) is 3.39. The maximum atomic E-state index is 11.4. The van der Waals surface area contributed by atoms with E-state index in [4.69, 9.17) is 4.99 Å². The Morgan fingerprint density at radius 3 is 2.34 bits per heavy atom. The fraction of sp³-hybridized carbons (Fsp3) is 0.348. The van der Waals surface area contributed by atoms with Crippen molar-refractivity contribution in [3.8, 4) is 0 Å². The Balaban J connectivity index is 1.65. The van der Waals surface area contributed by atoms with E-state index >= 15 is 0 Å². The number of guanidine groups is 1. The Hall–Kier alpha value is -2.60. The van der Waals surface area contributed by atoms with Crippen LogP contribution in [-0.4, -0.2) is 45.2 Å². The normalized spacial score (nSPS) is 15.2. The summed E-state index contributed by atoms with van der Waals surface area (Å²) < 4.78 is 22.8. The first-order valence-electron chi connectivity index (χ1n) is 9.98. The summed E-state index contributed by atoms with van der Waals surface area (Å²) in [6, 6.07) is 18.2. The number of nitrogens with zero attached hydrogens (tertiary/aromatic N) is 2. The summed E-state index contributed by atoms with van der Waals surface area (Å²) in [5.74, 6) is 0.986. The number of benzene rings is 2. The van der Waals surface area contributed by atoms with Gasteiger partial charge in [0.15, 0.2) is 15.8 Å². The number of sulfone groups is 1. The van der Waals surface area contributed by atoms with Crippen molar-refractivity contribution < 1.29 is 8.42 Å². The van der Waals surface area contributed by atoms with Crippen molar-refractivity contribution in [3.05, 3.63) is 77.4 Å². The molecule has 0 amide bonds. The average Bonchev–Trinajstić information content (AvgIpc) is 2.72. The van der Waals surface area contributed by atoms with Crippen LogP contribution in [0.1, 0.15) is 30.0 Å². The van der Waals surface area contributed by atoms with Gasteiger partial charge in [-0.15, -0.1) is 0 Å². The molecule has 6 heteroatoms. The predicted molar refractivity (Wildman–Crippen MR) is 120 cm³/mol. The minimum atomic E-state index is -3.01. The Labute approximate surface area is 174 Å². The van der Waals surface area contributed by atoms with Crippen LogP contribution in [0.4, 0.5) is 0 Å². The van der Waals surface area contributed by atoms with Crippen LogP contribution in [0.15, 0.2) is 65.7 Å². The van der Waals surface area contributed by atoms with E-state index in [1.165, 1.54) is 17.4 Å². The monoisotopic (exact) mass is 411 g/mol. The molecule has 154 valence electrons. The van der Waals surface area contributed by atoms with E-state index in [-0.39, 0.29) is 5.75 Å². The van der Waals surface area contributed by atoms with Crippen molar-refractivity contribution in [2.45, 2.75) is 25.6 Å². The molecule has 2 aromatic carbocycles. The van der Waals surface area contributed by atoms with E-state index in [1.807, 2.05) is 30.3 Å². The lowest BCUT2D eigenvalue weighted by atomic mass is 10.00. The highest BCUT2D eigenvalue weighted by atomic mass is 32.2. The molecule has 0 saturated carbocycles. The van der Waals surface area contributed by atoms with Crippen LogP contribution in [0, 0.1) is 0 Å². The van der Waals surface area contributed by atoms with Crippen molar-refractivity contribution >= 4 is 21.4 Å². The molecule has 0 atom stereocenters. The van der Waals surface area contributed by atoms with Crippen LogP contribution in [0.2, 0.25) is 0 Å². The Morgan fingerprint density at radius 2 is 1.76 bits per heavy atom. The van der Waals surface area contributed by atoms with Gasteiger partial charge in [-0.25, -0.2) is 13.4 Å². The van der Waals surface area contributed by atoms with Crippen LogP contribution in [0.3, 0.4) is 0 Å². The fourth-order valence-electron chi connectivity index (χ4n) is 3.41. The largest absolute Gasteiger partial charge is 0.356 e. The molecule has 0 radical (unpaired) electrons. The molecule has 1 aliphatic rings. The molecular formula is C23H29N3O2S. The van der Waals surface area contributed by atoms with Crippen LogP contribution >= 0.6 is 0 Å². The van der Waals surface area contributed by atoms with Crippen molar-refractivity contribution in [2.75, 3.05) is 25.9 Å². The SMILES string of the molecule is CCNC(=NCc1ccc(CS(C)(=O)=O)cc1)N1CC=C(c2ccccc2)CC1. The molecule has 1 N–H and O–H groups in total. The molecule has 5 nitrogen and oxygen atoms in total. The first-order valence-corrected chi connectivity index (χ1v) is 12.0. The fourth-order valence-corrected chi connectivity index (χ4v) is 4.21. The second kappa shape index (κ2) is 9.74. The summed E-state index contributed by atoms with van der Waals surface area (Å²) in [5.41, 5.74) is 4.55. The Kier molecular flexibility index (Phi) is 7.09. The second-order valence-electron chi connectivity index (χ2n) is 7.35. The molecule has 0 unspecified atom stereocenters. The summed E-state index contributed by atoms with van der Waals surface area (Å²) in [6.07, 6.45) is 4.53. The van der Waals surface area contributed by atoms with Gasteiger partial charge in [-0.1, -0.05) is 60.7 Å². The van der Waals surface area contributed by atoms with E-state index < -0.39 is 9.84 Å². The van der Waals surface area contributed by atoms with Gasteiger partial charge in [-0.05, 0) is 35.6 Å².